The fraction of sp³-hybridized carbons (Fsp3) is 0.233. The van der Waals surface area contributed by atoms with Crippen molar-refractivity contribution in [3.8, 4) is 0 Å². The number of esters is 2. The highest BCUT2D eigenvalue weighted by molar-refractivity contribution is 7.94. The van der Waals surface area contributed by atoms with Crippen LogP contribution in [0, 0.1) is 0 Å². The molecule has 1 amide bonds. The van der Waals surface area contributed by atoms with Crippen molar-refractivity contribution in [3.05, 3.63) is 120 Å². The summed E-state index contributed by atoms with van der Waals surface area (Å²) < 4.78 is 36.4. The van der Waals surface area contributed by atoms with Gasteiger partial charge < -0.3 is 14.4 Å². The van der Waals surface area contributed by atoms with E-state index in [1.54, 1.807) is 48.5 Å². The summed E-state index contributed by atoms with van der Waals surface area (Å²) in [6.07, 6.45) is 1.09. The standard InChI is InChI=1S/C30H27NO7S/c1-30(18-17-26(33)37-20-21-11-5-2-6-12-21)28(31-24(32)19-25(31)39(30,35)36)29(34)38-27(22-13-7-3-8-14-22)23-15-9-4-10-16-23/h2-18,25,27-28H,19-20H2,1H3/b18-17+/t25-,28+,30+/m1/s1. The molecule has 0 N–H and O–H groups in total. The first-order valence-corrected chi connectivity index (χ1v) is 14.0. The third-order valence-corrected chi connectivity index (χ3v) is 9.87. The summed E-state index contributed by atoms with van der Waals surface area (Å²) in [6.45, 7) is 1.34. The lowest BCUT2D eigenvalue weighted by Crippen LogP contribution is -2.57. The number of carbonyl (C=O) groups is 3. The summed E-state index contributed by atoms with van der Waals surface area (Å²) in [6, 6.07) is 25.7. The van der Waals surface area contributed by atoms with Crippen LogP contribution in [-0.2, 0) is 40.3 Å². The molecule has 2 aliphatic rings. The predicted octanol–water partition coefficient (Wildman–Crippen LogP) is 3.73. The third-order valence-electron chi connectivity index (χ3n) is 7.18. The van der Waals surface area contributed by atoms with Crippen LogP contribution in [0.1, 0.15) is 36.1 Å². The van der Waals surface area contributed by atoms with Crippen molar-refractivity contribution in [1.82, 2.24) is 4.90 Å². The van der Waals surface area contributed by atoms with Gasteiger partial charge in [0.15, 0.2) is 22.0 Å². The van der Waals surface area contributed by atoms with Gasteiger partial charge in [0.05, 0.1) is 6.42 Å². The zero-order chi connectivity index (χ0) is 27.6. The Morgan fingerprint density at radius 3 is 2.03 bits per heavy atom. The Bertz CT molecular complexity index is 1470. The summed E-state index contributed by atoms with van der Waals surface area (Å²) in [5.74, 6) is -2.11. The van der Waals surface area contributed by atoms with Crippen LogP contribution >= 0.6 is 0 Å². The Hall–Kier alpha value is -4.24. The number of benzene rings is 3. The van der Waals surface area contributed by atoms with E-state index >= 15 is 0 Å². The quantitative estimate of drug-likeness (QED) is 0.241. The maximum atomic E-state index is 13.8. The molecule has 5 rings (SSSR count). The first kappa shape index (κ1) is 26.4. The predicted molar refractivity (Wildman–Crippen MR) is 143 cm³/mol. The van der Waals surface area contributed by atoms with E-state index in [-0.39, 0.29) is 13.0 Å². The number of fused-ring (bicyclic) bond motifs is 1. The second kappa shape index (κ2) is 10.5. The smallest absolute Gasteiger partial charge is 0.331 e. The summed E-state index contributed by atoms with van der Waals surface area (Å²) in [5, 5.41) is -1.16. The molecule has 0 saturated carbocycles. The number of β-lactam (4-membered cyclic amide) rings is 1. The van der Waals surface area contributed by atoms with Crippen molar-refractivity contribution in [2.24, 2.45) is 0 Å². The lowest BCUT2D eigenvalue weighted by molar-refractivity contribution is -0.163. The number of ether oxygens (including phenoxy) is 2. The number of hydrogen-bond acceptors (Lipinski definition) is 7. The molecule has 200 valence electrons. The van der Waals surface area contributed by atoms with E-state index in [4.69, 9.17) is 9.47 Å². The highest BCUT2D eigenvalue weighted by Crippen LogP contribution is 2.47. The first-order valence-electron chi connectivity index (χ1n) is 12.5. The first-order chi connectivity index (χ1) is 18.7. The maximum Gasteiger partial charge on any atom is 0.331 e. The van der Waals surface area contributed by atoms with Crippen molar-refractivity contribution in [1.29, 1.82) is 0 Å². The Morgan fingerprint density at radius 2 is 1.49 bits per heavy atom. The van der Waals surface area contributed by atoms with Crippen LogP contribution < -0.4 is 0 Å². The molecule has 0 spiro atoms. The van der Waals surface area contributed by atoms with Crippen LogP contribution in [0.25, 0.3) is 0 Å². The molecule has 0 unspecified atom stereocenters. The third kappa shape index (κ3) is 4.85. The highest BCUT2D eigenvalue weighted by atomic mass is 32.2. The molecular formula is C30H27NO7S. The molecular weight excluding hydrogens is 518 g/mol. The zero-order valence-electron chi connectivity index (χ0n) is 21.2. The van der Waals surface area contributed by atoms with E-state index < -0.39 is 49.9 Å². The van der Waals surface area contributed by atoms with Gasteiger partial charge in [-0.25, -0.2) is 18.0 Å². The lowest BCUT2D eigenvalue weighted by Gasteiger charge is -2.36. The Kier molecular flexibility index (Phi) is 7.10. The van der Waals surface area contributed by atoms with Gasteiger partial charge in [-0.1, -0.05) is 97.1 Å². The van der Waals surface area contributed by atoms with E-state index in [1.807, 2.05) is 42.5 Å². The van der Waals surface area contributed by atoms with E-state index in [1.165, 1.54) is 6.92 Å². The molecule has 2 saturated heterocycles. The zero-order valence-corrected chi connectivity index (χ0v) is 22.0. The van der Waals surface area contributed by atoms with Gasteiger partial charge in [-0.15, -0.1) is 0 Å². The molecule has 2 aliphatic heterocycles. The van der Waals surface area contributed by atoms with Crippen molar-refractivity contribution < 1.29 is 32.3 Å². The van der Waals surface area contributed by atoms with Gasteiger partial charge in [-0.2, -0.15) is 0 Å². The molecule has 8 nitrogen and oxygen atoms in total. The van der Waals surface area contributed by atoms with Gasteiger partial charge in [0.25, 0.3) is 0 Å². The van der Waals surface area contributed by atoms with Gasteiger partial charge in [0, 0.05) is 6.08 Å². The van der Waals surface area contributed by atoms with Gasteiger partial charge >= 0.3 is 11.9 Å². The van der Waals surface area contributed by atoms with Crippen LogP contribution in [0.3, 0.4) is 0 Å². The minimum Gasteiger partial charge on any atom is -0.458 e. The molecule has 0 aliphatic carbocycles. The van der Waals surface area contributed by atoms with Gasteiger partial charge in [0.2, 0.25) is 5.91 Å². The lowest BCUT2D eigenvalue weighted by atomic mass is 9.95. The highest BCUT2D eigenvalue weighted by Gasteiger charge is 2.69. The number of carbonyl (C=O) groups excluding carboxylic acids is 3. The van der Waals surface area contributed by atoms with Gasteiger partial charge in [0.1, 0.15) is 16.7 Å². The SMILES string of the molecule is C[C@]1(/C=C/C(=O)OCc2ccccc2)[C@H](C(=O)OC(c2ccccc2)c2ccccc2)N2C(=O)C[C@H]2S1(=O)=O. The molecule has 2 fully saturated rings. The maximum absolute atomic E-state index is 13.8. The molecule has 3 aromatic carbocycles. The molecule has 0 radical (unpaired) electrons. The number of hydrogen-bond donors (Lipinski definition) is 0. The molecule has 0 aromatic heterocycles. The minimum absolute atomic E-state index is 0.00200. The molecule has 3 aromatic rings. The van der Waals surface area contributed by atoms with Gasteiger partial charge in [-0.3, -0.25) is 4.79 Å². The van der Waals surface area contributed by atoms with Crippen LogP contribution in [-0.4, -0.2) is 47.3 Å². The van der Waals surface area contributed by atoms with Crippen LogP contribution in [0.4, 0.5) is 0 Å². The summed E-state index contributed by atoms with van der Waals surface area (Å²) in [7, 11) is -4.07. The second-order valence-corrected chi connectivity index (χ2v) is 12.2. The normalized spacial score (nSPS) is 23.3. The van der Waals surface area contributed by atoms with Crippen molar-refractivity contribution in [3.63, 3.8) is 0 Å². The van der Waals surface area contributed by atoms with E-state index in [9.17, 15) is 22.8 Å². The largest absolute Gasteiger partial charge is 0.458 e. The van der Waals surface area contributed by atoms with E-state index in [0.717, 1.165) is 22.6 Å². The average Bonchev–Trinajstić information content (AvgIpc) is 3.09. The van der Waals surface area contributed by atoms with Crippen LogP contribution in [0.5, 0.6) is 0 Å². The monoisotopic (exact) mass is 545 g/mol. The molecule has 3 atom stereocenters. The summed E-state index contributed by atoms with van der Waals surface area (Å²) in [4.78, 5) is 39.9. The number of sulfone groups is 1. The average molecular weight is 546 g/mol. The van der Waals surface area contributed by atoms with Crippen LogP contribution in [0.2, 0.25) is 0 Å². The fourth-order valence-corrected chi connectivity index (χ4v) is 7.27. The topological polar surface area (TPSA) is 107 Å². The van der Waals surface area contributed by atoms with Crippen molar-refractivity contribution in [2.75, 3.05) is 0 Å². The number of nitrogens with zero attached hydrogens (tertiary/aromatic N) is 1. The van der Waals surface area contributed by atoms with Crippen molar-refractivity contribution >= 4 is 27.7 Å². The molecule has 39 heavy (non-hydrogen) atoms. The van der Waals surface area contributed by atoms with Gasteiger partial charge in [-0.05, 0) is 23.6 Å². The van der Waals surface area contributed by atoms with Crippen LogP contribution in [0.15, 0.2) is 103 Å². The molecule has 2 heterocycles. The van der Waals surface area contributed by atoms with E-state index in [0.29, 0.717) is 11.1 Å². The Morgan fingerprint density at radius 1 is 0.949 bits per heavy atom. The Balaban J connectivity index is 1.44. The second-order valence-electron chi connectivity index (χ2n) is 9.66. The van der Waals surface area contributed by atoms with E-state index in [2.05, 4.69) is 0 Å². The summed E-state index contributed by atoms with van der Waals surface area (Å²) in [5.41, 5.74) is 2.14. The molecule has 0 bridgehead atoms. The fourth-order valence-electron chi connectivity index (χ4n) is 5.00. The molecule has 9 heteroatoms. The van der Waals surface area contributed by atoms with Crippen molar-refractivity contribution in [2.45, 2.75) is 42.2 Å². The Labute approximate surface area is 226 Å². The minimum atomic E-state index is -4.07. The summed E-state index contributed by atoms with van der Waals surface area (Å²) >= 11 is 0. The number of amides is 1. The number of rotatable bonds is 8.